The fourth-order valence-corrected chi connectivity index (χ4v) is 2.51. The Bertz CT molecular complexity index is 552. The van der Waals surface area contributed by atoms with Gasteiger partial charge < -0.3 is 10.1 Å². The number of benzene rings is 1. The van der Waals surface area contributed by atoms with Gasteiger partial charge in [-0.05, 0) is 26.0 Å². The molecule has 0 radical (unpaired) electrons. The lowest BCUT2D eigenvalue weighted by atomic mass is 10.3. The molecule has 0 aliphatic carbocycles. The van der Waals surface area contributed by atoms with E-state index >= 15 is 0 Å². The first-order chi connectivity index (χ1) is 9.16. The molecular formula is C14H16N2O2S. The zero-order valence-corrected chi connectivity index (χ0v) is 11.8. The molecule has 2 aromatic rings. The second kappa shape index (κ2) is 6.33. The standard InChI is InChI=1S/C14H16N2O2S/c1-10-13(19-11(2)16-10)14(17)15-8-9-18-12-6-4-3-5-7-12/h3-7H,8-9H2,1-2H3,(H,15,17). The Morgan fingerprint density at radius 1 is 1.32 bits per heavy atom. The number of hydrogen-bond donors (Lipinski definition) is 1. The van der Waals surface area contributed by atoms with E-state index in [1.807, 2.05) is 44.2 Å². The Hall–Kier alpha value is -1.88. The quantitative estimate of drug-likeness (QED) is 0.854. The molecule has 4 nitrogen and oxygen atoms in total. The SMILES string of the molecule is Cc1nc(C)c(C(=O)NCCOc2ccccc2)s1. The van der Waals surface area contributed by atoms with E-state index in [9.17, 15) is 4.79 Å². The summed E-state index contributed by atoms with van der Waals surface area (Å²) in [7, 11) is 0. The molecule has 0 atom stereocenters. The average molecular weight is 276 g/mol. The molecule has 1 heterocycles. The molecule has 1 N–H and O–H groups in total. The molecule has 0 fully saturated rings. The molecule has 19 heavy (non-hydrogen) atoms. The number of rotatable bonds is 5. The van der Waals surface area contributed by atoms with Crippen LogP contribution < -0.4 is 10.1 Å². The normalized spacial score (nSPS) is 10.2. The molecule has 1 aromatic carbocycles. The maximum atomic E-state index is 11.9. The van der Waals surface area contributed by atoms with Gasteiger partial charge in [0.25, 0.3) is 5.91 Å². The zero-order chi connectivity index (χ0) is 13.7. The molecular weight excluding hydrogens is 260 g/mol. The minimum Gasteiger partial charge on any atom is -0.492 e. The molecule has 0 unspecified atom stereocenters. The summed E-state index contributed by atoms with van der Waals surface area (Å²) in [5.41, 5.74) is 0.781. The molecule has 0 spiro atoms. The molecule has 0 aliphatic rings. The number of nitrogens with one attached hydrogen (secondary N) is 1. The summed E-state index contributed by atoms with van der Waals surface area (Å²) in [6.07, 6.45) is 0. The van der Waals surface area contributed by atoms with Crippen LogP contribution in [0.1, 0.15) is 20.4 Å². The van der Waals surface area contributed by atoms with E-state index in [0.717, 1.165) is 16.5 Å². The summed E-state index contributed by atoms with van der Waals surface area (Å²) in [6.45, 7) is 4.67. The molecule has 100 valence electrons. The molecule has 0 aliphatic heterocycles. The Morgan fingerprint density at radius 2 is 2.05 bits per heavy atom. The topological polar surface area (TPSA) is 51.2 Å². The summed E-state index contributed by atoms with van der Waals surface area (Å²) in [5, 5.41) is 3.74. The third-order valence-corrected chi connectivity index (χ3v) is 3.58. The van der Waals surface area contributed by atoms with Crippen LogP contribution >= 0.6 is 11.3 Å². The van der Waals surface area contributed by atoms with Crippen LogP contribution in [-0.4, -0.2) is 24.0 Å². The van der Waals surface area contributed by atoms with Gasteiger partial charge in [-0.2, -0.15) is 0 Å². The first-order valence-electron chi connectivity index (χ1n) is 6.07. The van der Waals surface area contributed by atoms with Gasteiger partial charge in [0.05, 0.1) is 17.2 Å². The van der Waals surface area contributed by atoms with Crippen molar-refractivity contribution in [2.75, 3.05) is 13.2 Å². The monoisotopic (exact) mass is 276 g/mol. The van der Waals surface area contributed by atoms with Gasteiger partial charge in [0.1, 0.15) is 17.2 Å². The first kappa shape index (κ1) is 13.5. The second-order valence-electron chi connectivity index (χ2n) is 4.06. The van der Waals surface area contributed by atoms with Gasteiger partial charge in [0.2, 0.25) is 0 Å². The number of nitrogens with zero attached hydrogens (tertiary/aromatic N) is 1. The number of amides is 1. The van der Waals surface area contributed by atoms with Crippen molar-refractivity contribution in [1.82, 2.24) is 10.3 Å². The number of thiazole rings is 1. The third-order valence-electron chi connectivity index (χ3n) is 2.51. The Labute approximate surface area is 116 Å². The number of aryl methyl sites for hydroxylation is 2. The molecule has 0 saturated heterocycles. The summed E-state index contributed by atoms with van der Waals surface area (Å²) in [4.78, 5) is 16.8. The van der Waals surface area contributed by atoms with Crippen LogP contribution in [0, 0.1) is 13.8 Å². The highest BCUT2D eigenvalue weighted by Crippen LogP contribution is 2.16. The van der Waals surface area contributed by atoms with Crippen LogP contribution in [0.4, 0.5) is 0 Å². The van der Waals surface area contributed by atoms with Gasteiger partial charge in [-0.15, -0.1) is 11.3 Å². The summed E-state index contributed by atoms with van der Waals surface area (Å²) < 4.78 is 5.50. The molecule has 1 amide bonds. The Kier molecular flexibility index (Phi) is 4.52. The van der Waals surface area contributed by atoms with Crippen molar-refractivity contribution in [3.8, 4) is 5.75 Å². The maximum Gasteiger partial charge on any atom is 0.263 e. The maximum absolute atomic E-state index is 11.9. The van der Waals surface area contributed by atoms with E-state index in [-0.39, 0.29) is 5.91 Å². The van der Waals surface area contributed by atoms with Crippen LogP contribution in [-0.2, 0) is 0 Å². The number of para-hydroxylation sites is 1. The lowest BCUT2D eigenvalue weighted by Gasteiger charge is -2.06. The fraction of sp³-hybridized carbons (Fsp3) is 0.286. The average Bonchev–Trinajstić information content (AvgIpc) is 2.75. The van der Waals surface area contributed by atoms with E-state index in [0.29, 0.717) is 18.0 Å². The zero-order valence-electron chi connectivity index (χ0n) is 11.0. The Morgan fingerprint density at radius 3 is 2.68 bits per heavy atom. The molecule has 0 saturated carbocycles. The van der Waals surface area contributed by atoms with Crippen molar-refractivity contribution in [3.63, 3.8) is 0 Å². The van der Waals surface area contributed by atoms with E-state index in [2.05, 4.69) is 10.3 Å². The summed E-state index contributed by atoms with van der Waals surface area (Å²) in [5.74, 6) is 0.723. The number of carbonyl (C=O) groups is 1. The molecule has 1 aromatic heterocycles. The van der Waals surface area contributed by atoms with Gasteiger partial charge in [0, 0.05) is 0 Å². The van der Waals surface area contributed by atoms with E-state index in [4.69, 9.17) is 4.74 Å². The van der Waals surface area contributed by atoms with Crippen molar-refractivity contribution < 1.29 is 9.53 Å². The van der Waals surface area contributed by atoms with Crippen molar-refractivity contribution in [3.05, 3.63) is 45.9 Å². The largest absolute Gasteiger partial charge is 0.492 e. The molecule has 5 heteroatoms. The van der Waals surface area contributed by atoms with E-state index < -0.39 is 0 Å². The van der Waals surface area contributed by atoms with Crippen molar-refractivity contribution in [2.45, 2.75) is 13.8 Å². The van der Waals surface area contributed by atoms with Crippen LogP contribution in [0.5, 0.6) is 5.75 Å². The van der Waals surface area contributed by atoms with Crippen LogP contribution in [0.15, 0.2) is 30.3 Å². The predicted molar refractivity (Wildman–Crippen MR) is 75.9 cm³/mol. The third kappa shape index (κ3) is 3.79. The van der Waals surface area contributed by atoms with Crippen molar-refractivity contribution in [1.29, 1.82) is 0 Å². The van der Waals surface area contributed by atoms with Crippen LogP contribution in [0.2, 0.25) is 0 Å². The summed E-state index contributed by atoms with van der Waals surface area (Å²) >= 11 is 1.41. The van der Waals surface area contributed by atoms with Gasteiger partial charge >= 0.3 is 0 Å². The van der Waals surface area contributed by atoms with Crippen LogP contribution in [0.25, 0.3) is 0 Å². The van der Waals surface area contributed by atoms with Gasteiger partial charge in [-0.1, -0.05) is 18.2 Å². The lowest BCUT2D eigenvalue weighted by molar-refractivity contribution is 0.0950. The lowest BCUT2D eigenvalue weighted by Crippen LogP contribution is -2.27. The fourth-order valence-electron chi connectivity index (χ4n) is 1.67. The van der Waals surface area contributed by atoms with Crippen LogP contribution in [0.3, 0.4) is 0 Å². The molecule has 2 rings (SSSR count). The minimum atomic E-state index is -0.0836. The smallest absolute Gasteiger partial charge is 0.263 e. The predicted octanol–water partition coefficient (Wildman–Crippen LogP) is 2.57. The Balaban J connectivity index is 1.77. The number of hydrogen-bond acceptors (Lipinski definition) is 4. The molecule has 0 bridgehead atoms. The highest BCUT2D eigenvalue weighted by Gasteiger charge is 2.12. The number of carbonyl (C=O) groups excluding carboxylic acids is 1. The first-order valence-corrected chi connectivity index (χ1v) is 6.88. The van der Waals surface area contributed by atoms with E-state index in [1.54, 1.807) is 0 Å². The van der Waals surface area contributed by atoms with E-state index in [1.165, 1.54) is 11.3 Å². The van der Waals surface area contributed by atoms with Gasteiger partial charge in [-0.3, -0.25) is 4.79 Å². The van der Waals surface area contributed by atoms with Crippen molar-refractivity contribution in [2.24, 2.45) is 0 Å². The summed E-state index contributed by atoms with van der Waals surface area (Å²) in [6, 6.07) is 9.54. The highest BCUT2D eigenvalue weighted by atomic mass is 32.1. The highest BCUT2D eigenvalue weighted by molar-refractivity contribution is 7.13. The second-order valence-corrected chi connectivity index (χ2v) is 5.27. The number of ether oxygens (including phenoxy) is 1. The van der Waals surface area contributed by atoms with Crippen molar-refractivity contribution >= 4 is 17.2 Å². The van der Waals surface area contributed by atoms with Gasteiger partial charge in [-0.25, -0.2) is 4.98 Å². The van der Waals surface area contributed by atoms with Gasteiger partial charge in [0.15, 0.2) is 0 Å². The number of aromatic nitrogens is 1. The minimum absolute atomic E-state index is 0.0836.